The fourth-order valence-electron chi connectivity index (χ4n) is 15.3. The lowest BCUT2D eigenvalue weighted by Gasteiger charge is -2.31. The number of thioether (sulfide) groups is 1. The van der Waals surface area contributed by atoms with E-state index >= 15 is 0 Å². The molecule has 0 bridgehead atoms. The number of ether oxygens (including phenoxy) is 4. The maximum absolute atomic E-state index is 14.5. The minimum Gasteiger partial charge on any atom is -0.423 e. The van der Waals surface area contributed by atoms with Crippen LogP contribution in [0.15, 0.2) is 269 Å². The highest BCUT2D eigenvalue weighted by Crippen LogP contribution is 2.50. The second-order valence-electron chi connectivity index (χ2n) is 35.5. The Bertz CT molecular complexity index is 6330. The average molecular weight is 2220 g/mol. The van der Waals surface area contributed by atoms with Gasteiger partial charge in [0.05, 0.1) is 46.0 Å². The number of hydrogen-bond acceptors (Lipinski definition) is 25. The second kappa shape index (κ2) is 42.7. The highest BCUT2D eigenvalue weighted by molar-refractivity contribution is 9.11. The zero-order valence-electron chi connectivity index (χ0n) is 76.1. The van der Waals surface area contributed by atoms with Crippen LogP contribution in [0.1, 0.15) is 121 Å². The quantitative estimate of drug-likeness (QED) is 0.0115. The number of hydrogen-bond donors (Lipinski definition) is 9. The average Bonchev–Trinajstić information content (AvgIpc) is 1.56. The molecule has 10 aromatic rings. The number of amidine groups is 3. The van der Waals surface area contributed by atoms with Crippen molar-refractivity contribution in [3.05, 3.63) is 301 Å². The van der Waals surface area contributed by atoms with Crippen molar-refractivity contribution in [1.82, 2.24) is 35.3 Å². The maximum atomic E-state index is 14.5. The normalized spacial score (nSPS) is 20.1. The predicted molar refractivity (Wildman–Crippen MR) is 532 cm³/mol. The molecule has 9 heterocycles. The smallest absolute Gasteiger partial charge is 0.423 e. The fraction of sp³-hybridized carbons (Fsp3) is 0.298. The SMILES string of the molecule is CC(C)(C)OO.CC(C)(N)CN.CC1(C)CN2C(=S)NC(c3ccc(OC(F)(F)F)cc3)(c3cccc(Br)c3)C2=N1.CC1(C)CN2C(N)=NC(c3ccc(OC(F)(F)F)cc3)(c3cccc(-c4cccnc4F)c3)C2=N1.CC1(C)CN2C(N)=NC(c3ccc(OC(F)(F)F)cc3)(c3cccc(Br)c3)C2=N1.FC(F)(F)Oc1ccc(C2(c3cccc(Br)c3)NC(=S)SC2=S)cc1.OB(O)c1cccnc1F. The van der Waals surface area contributed by atoms with Crippen LogP contribution in [0.5, 0.6) is 23.0 Å². The summed E-state index contributed by atoms with van der Waals surface area (Å²) < 4.78 is 197. The lowest BCUT2D eigenvalue weighted by atomic mass is 9.81. The molecule has 46 heteroatoms. The molecule has 4 atom stereocenters. The Kier molecular flexibility index (Phi) is 33.4. The van der Waals surface area contributed by atoms with Crippen molar-refractivity contribution in [3.8, 4) is 34.1 Å². The Morgan fingerprint density at radius 2 is 0.771 bits per heavy atom. The zero-order valence-corrected chi connectivity index (χ0v) is 84.1. The van der Waals surface area contributed by atoms with E-state index in [0.29, 0.717) is 96.4 Å². The van der Waals surface area contributed by atoms with Gasteiger partial charge in [-0.1, -0.05) is 193 Å². The van der Waals surface area contributed by atoms with Crippen LogP contribution in [0.25, 0.3) is 11.1 Å². The summed E-state index contributed by atoms with van der Waals surface area (Å²) in [6, 6.07) is 58.4. The number of aliphatic imine (C=N–C) groups is 5. The van der Waals surface area contributed by atoms with Crippen LogP contribution in [0.3, 0.4) is 0 Å². The highest BCUT2D eigenvalue weighted by atomic mass is 79.9. The lowest BCUT2D eigenvalue weighted by molar-refractivity contribution is -0.306. The van der Waals surface area contributed by atoms with Gasteiger partial charge >= 0.3 is 32.6 Å². The first-order valence-corrected chi connectivity index (χ1v) is 46.4. The standard InChI is InChI=1S/C25H21F4N5O.C20H18BrF3N4O.C20H17BrF3N3OS.C16H9BrF3NOS3.C5H5BFNO2.C4H12N2.C4H10O2/c1-23(2)14-34-21(32-23)24(33-22(34)30,16-8-10-18(11-9-16)35-25(27,28)29)17-6-3-5-15(13-17)19-7-4-12-31-20(19)26;1-18(2)11-28-16(26-18)19(27-17(28)25,13-4-3-5-14(21)10-13)12-6-8-15(9-7-12)29-20(22,23)24;1-18(2)11-27-16(25-18)19(26-17(27)29,13-4-3-5-14(21)10-13)12-6-8-15(9-7-12)28-20(22,23)24;17-11-3-1-2-10(8-11)15(13(23)25-14(24)21-15)9-4-6-12(7-5-9)22-16(18,19)20;7-5-4(6(9)10)2-1-3-8-5;1-4(2,6)3-5;1-4(2,3)6-5/h3-13H,14H2,1-2H3,(H2,30,33);3-10H,11H2,1-2H3,(H2,25,27);3-10H,11H2,1-2H3,(H,26,29);1-8H,(H,21,24);1-3,9-10H;3,5-6H2,1-2H3;5H,1-3H3. The van der Waals surface area contributed by atoms with Crippen LogP contribution in [0.4, 0.5) is 61.5 Å². The monoisotopic (exact) mass is 2210 g/mol. The Morgan fingerprint density at radius 3 is 1.11 bits per heavy atom. The van der Waals surface area contributed by atoms with Crippen molar-refractivity contribution >= 4 is 152 Å². The predicted octanol–water partition coefficient (Wildman–Crippen LogP) is 19.6. The number of benzene rings is 8. The first kappa shape index (κ1) is 110. The minimum atomic E-state index is -4.81. The molecule has 2 fully saturated rings. The number of halogens is 17. The fourth-order valence-corrected chi connectivity index (χ4v) is 18.7. The summed E-state index contributed by atoms with van der Waals surface area (Å²) in [5.74, 6) is -0.204. The molecule has 8 aromatic carbocycles. The number of pyridine rings is 2. The first-order valence-electron chi connectivity index (χ1n) is 42.0. The lowest BCUT2D eigenvalue weighted by Crippen LogP contribution is -2.45. The van der Waals surface area contributed by atoms with Gasteiger partial charge in [0.2, 0.25) is 11.9 Å². The van der Waals surface area contributed by atoms with E-state index in [2.05, 4.69) is 92.2 Å². The molecule has 17 rings (SSSR count). The van der Waals surface area contributed by atoms with Gasteiger partial charge in [-0.3, -0.25) is 30.0 Å². The molecule has 2 saturated heterocycles. The van der Waals surface area contributed by atoms with Crippen molar-refractivity contribution in [2.24, 2.45) is 47.9 Å². The molecule has 7 aliphatic heterocycles. The number of rotatable bonds is 15. The van der Waals surface area contributed by atoms with Gasteiger partial charge in [-0.05, 0) is 248 Å². The van der Waals surface area contributed by atoms with Crippen LogP contribution in [-0.2, 0) is 27.0 Å². The maximum Gasteiger partial charge on any atom is 0.573 e. The molecule has 24 nitrogen and oxygen atoms in total. The molecule has 7 aliphatic rings. The van der Waals surface area contributed by atoms with Crippen LogP contribution in [0.2, 0.25) is 0 Å². The summed E-state index contributed by atoms with van der Waals surface area (Å²) in [7, 11) is -1.78. The molecule has 0 radical (unpaired) electrons. The summed E-state index contributed by atoms with van der Waals surface area (Å²) in [5, 5.41) is 32.0. The Labute approximate surface area is 842 Å². The van der Waals surface area contributed by atoms with Gasteiger partial charge in [-0.25, -0.2) is 24.8 Å². The minimum absolute atomic E-state index is 0.181. The molecule has 2 aromatic heterocycles. The van der Waals surface area contributed by atoms with Crippen molar-refractivity contribution in [2.75, 3.05) is 26.2 Å². The molecule has 140 heavy (non-hydrogen) atoms. The number of nitrogens with two attached hydrogens (primary N) is 4. The van der Waals surface area contributed by atoms with E-state index in [9.17, 15) is 61.5 Å². The molecule has 742 valence electrons. The summed E-state index contributed by atoms with van der Waals surface area (Å²) in [5.41, 5.74) is 23.7. The Hall–Kier alpha value is -10.9. The van der Waals surface area contributed by atoms with Gasteiger partial charge < -0.3 is 67.5 Å². The first-order chi connectivity index (χ1) is 65.0. The van der Waals surface area contributed by atoms with E-state index < -0.39 is 77.8 Å². The zero-order chi connectivity index (χ0) is 103. The van der Waals surface area contributed by atoms with Gasteiger partial charge in [0.1, 0.15) is 55.9 Å². The van der Waals surface area contributed by atoms with Crippen molar-refractivity contribution in [1.29, 1.82) is 0 Å². The van der Waals surface area contributed by atoms with Gasteiger partial charge in [0, 0.05) is 48.9 Å². The van der Waals surface area contributed by atoms with E-state index in [1.165, 1.54) is 97.0 Å². The van der Waals surface area contributed by atoms with Crippen LogP contribution >= 0.6 is 96.2 Å². The van der Waals surface area contributed by atoms with Crippen LogP contribution in [-0.4, -0.2) is 170 Å². The molecule has 0 aliphatic carbocycles. The largest absolute Gasteiger partial charge is 0.573 e. The van der Waals surface area contributed by atoms with Crippen molar-refractivity contribution in [2.45, 2.75) is 152 Å². The van der Waals surface area contributed by atoms with Gasteiger partial charge in [-0.2, -0.15) is 8.78 Å². The number of alkyl halides is 12. The molecule has 0 saturated carbocycles. The number of guanidine groups is 2. The van der Waals surface area contributed by atoms with E-state index in [0.717, 1.165) is 35.9 Å². The molecular weight excluding hydrogens is 2130 g/mol. The Morgan fingerprint density at radius 1 is 0.436 bits per heavy atom. The van der Waals surface area contributed by atoms with Gasteiger partial charge in [-0.15, -0.1) is 52.7 Å². The number of fused-ring (bicyclic) bond motifs is 3. The third-order valence-electron chi connectivity index (χ3n) is 21.1. The van der Waals surface area contributed by atoms with E-state index in [-0.39, 0.29) is 51.0 Å². The third kappa shape index (κ3) is 26.7. The van der Waals surface area contributed by atoms with E-state index in [4.69, 9.17) is 99.9 Å². The van der Waals surface area contributed by atoms with Gasteiger partial charge in [0.25, 0.3) is 0 Å². The van der Waals surface area contributed by atoms with E-state index in [1.54, 1.807) is 92.4 Å². The van der Waals surface area contributed by atoms with Crippen LogP contribution in [0, 0.1) is 11.9 Å². The van der Waals surface area contributed by atoms with Gasteiger partial charge in [0.15, 0.2) is 28.1 Å². The Balaban J connectivity index is 0.000000167. The molecular formula is C94H92BBr3F14N16O8S4. The molecule has 0 spiro atoms. The summed E-state index contributed by atoms with van der Waals surface area (Å²) in [4.78, 5) is 40.7. The molecule has 0 amide bonds. The number of nitrogens with one attached hydrogen (secondary N) is 2. The van der Waals surface area contributed by atoms with Crippen molar-refractivity contribution in [3.63, 3.8) is 0 Å². The van der Waals surface area contributed by atoms with Crippen molar-refractivity contribution < 1.29 is 101 Å². The second-order valence-corrected chi connectivity index (χ2v) is 41.0. The number of nitrogens with zero attached hydrogens (tertiary/aromatic N) is 10. The summed E-state index contributed by atoms with van der Waals surface area (Å²) >= 11 is 28.1. The van der Waals surface area contributed by atoms with E-state index in [1.807, 2.05) is 144 Å². The topological polar surface area (TPSA) is 332 Å². The summed E-state index contributed by atoms with van der Waals surface area (Å²) in [6.07, 6.45) is -16.4. The molecule has 4 unspecified atom stereocenters. The van der Waals surface area contributed by atoms with Crippen LogP contribution < -0.4 is 58.0 Å². The number of aromatic nitrogens is 2. The number of thiocarbonyl (C=S) groups is 3. The highest BCUT2D eigenvalue weighted by Gasteiger charge is 2.58. The summed E-state index contributed by atoms with van der Waals surface area (Å²) in [6.45, 7) is 23.3. The molecule has 13 N–H and O–H groups in total. The third-order valence-corrected chi connectivity index (χ3v) is 24.6.